The van der Waals surface area contributed by atoms with E-state index in [2.05, 4.69) is 5.32 Å². The number of rotatable bonds is 5. The summed E-state index contributed by atoms with van der Waals surface area (Å²) in [5.74, 6) is 0.227. The van der Waals surface area contributed by atoms with E-state index in [9.17, 15) is 14.4 Å². The molecule has 1 aliphatic carbocycles. The van der Waals surface area contributed by atoms with Crippen LogP contribution in [0, 0.1) is 18.8 Å². The molecule has 0 aromatic heterocycles. The monoisotopic (exact) mass is 441 g/mol. The van der Waals surface area contributed by atoms with E-state index in [0.29, 0.717) is 45.0 Å². The van der Waals surface area contributed by atoms with Crippen LogP contribution < -0.4 is 5.32 Å². The molecule has 3 amide bonds. The van der Waals surface area contributed by atoms with E-state index in [1.54, 1.807) is 11.0 Å². The van der Waals surface area contributed by atoms with Crippen LogP contribution in [0.15, 0.2) is 24.3 Å². The molecule has 0 radical (unpaired) electrons. The summed E-state index contributed by atoms with van der Waals surface area (Å²) in [6.45, 7) is 5.42. The lowest BCUT2D eigenvalue weighted by atomic mass is 9.87. The third-order valence-corrected chi connectivity index (χ3v) is 7.18. The van der Waals surface area contributed by atoms with E-state index in [4.69, 9.17) is 4.74 Å². The van der Waals surface area contributed by atoms with Gasteiger partial charge in [0.05, 0.1) is 13.2 Å². The van der Waals surface area contributed by atoms with Gasteiger partial charge in [-0.15, -0.1) is 0 Å². The molecule has 2 saturated heterocycles. The van der Waals surface area contributed by atoms with Crippen molar-refractivity contribution < 1.29 is 19.1 Å². The number of carbonyl (C=O) groups is 3. The molecule has 4 rings (SSSR count). The first-order valence-electron chi connectivity index (χ1n) is 12.1. The number of nitrogens with zero attached hydrogens (tertiary/aromatic N) is 2. The van der Waals surface area contributed by atoms with Gasteiger partial charge < -0.3 is 19.9 Å². The van der Waals surface area contributed by atoms with Gasteiger partial charge in [0.15, 0.2) is 0 Å². The Bertz CT molecular complexity index is 822. The van der Waals surface area contributed by atoms with E-state index in [-0.39, 0.29) is 29.6 Å². The summed E-state index contributed by atoms with van der Waals surface area (Å²) in [4.78, 5) is 43.0. The zero-order valence-electron chi connectivity index (χ0n) is 19.1. The van der Waals surface area contributed by atoms with Crippen molar-refractivity contribution in [1.82, 2.24) is 15.1 Å². The standard InChI is InChI=1S/C25H35N3O4/c1-18-5-4-8-21(17-18)23(29)26-22(25(31)28-13-15-32-16-14-28)19-9-11-27(12-10-19)24(30)20-6-2-3-7-20/h4-5,8,17,19-20,22H,2-3,6-7,9-16H2,1H3,(H,26,29)/t22-/m0/s1. The summed E-state index contributed by atoms with van der Waals surface area (Å²) in [5.41, 5.74) is 1.58. The predicted molar refractivity (Wildman–Crippen MR) is 121 cm³/mol. The average Bonchev–Trinajstić information content (AvgIpc) is 3.37. The van der Waals surface area contributed by atoms with Gasteiger partial charge in [0.25, 0.3) is 5.91 Å². The van der Waals surface area contributed by atoms with E-state index in [1.165, 1.54) is 0 Å². The van der Waals surface area contributed by atoms with Crippen molar-refractivity contribution in [3.05, 3.63) is 35.4 Å². The van der Waals surface area contributed by atoms with Gasteiger partial charge >= 0.3 is 0 Å². The van der Waals surface area contributed by atoms with Crippen LogP contribution in [0.4, 0.5) is 0 Å². The van der Waals surface area contributed by atoms with Crippen molar-refractivity contribution in [2.75, 3.05) is 39.4 Å². The number of likely N-dealkylation sites (tertiary alicyclic amines) is 1. The Balaban J connectivity index is 1.44. The number of hydrogen-bond acceptors (Lipinski definition) is 4. The first-order chi connectivity index (χ1) is 15.5. The van der Waals surface area contributed by atoms with E-state index < -0.39 is 6.04 Å². The normalized spacial score (nSPS) is 21.4. The fraction of sp³-hybridized carbons (Fsp3) is 0.640. The Morgan fingerprint density at radius 3 is 2.31 bits per heavy atom. The van der Waals surface area contributed by atoms with Gasteiger partial charge in [-0.25, -0.2) is 0 Å². The number of amides is 3. The van der Waals surface area contributed by atoms with Crippen molar-refractivity contribution in [2.45, 2.75) is 51.5 Å². The molecule has 0 bridgehead atoms. The first-order valence-corrected chi connectivity index (χ1v) is 12.1. The maximum absolute atomic E-state index is 13.4. The molecule has 3 aliphatic rings. The van der Waals surface area contributed by atoms with Crippen molar-refractivity contribution in [3.63, 3.8) is 0 Å². The highest BCUT2D eigenvalue weighted by atomic mass is 16.5. The number of piperidine rings is 1. The smallest absolute Gasteiger partial charge is 0.251 e. The highest BCUT2D eigenvalue weighted by molar-refractivity contribution is 5.97. The Labute approximate surface area is 190 Å². The molecule has 1 atom stereocenters. The van der Waals surface area contributed by atoms with E-state index in [1.807, 2.05) is 30.0 Å². The molecule has 7 nitrogen and oxygen atoms in total. The fourth-order valence-corrected chi connectivity index (χ4v) is 5.26. The lowest BCUT2D eigenvalue weighted by molar-refractivity contribution is -0.140. The molecule has 0 unspecified atom stereocenters. The van der Waals surface area contributed by atoms with Crippen molar-refractivity contribution in [3.8, 4) is 0 Å². The molecule has 32 heavy (non-hydrogen) atoms. The van der Waals surface area contributed by atoms with Crippen molar-refractivity contribution >= 4 is 17.7 Å². The quantitative estimate of drug-likeness (QED) is 0.761. The van der Waals surface area contributed by atoms with Crippen LogP contribution in [0.1, 0.15) is 54.4 Å². The van der Waals surface area contributed by atoms with Crippen LogP contribution >= 0.6 is 0 Å². The summed E-state index contributed by atoms with van der Waals surface area (Å²) in [6, 6.07) is 6.85. The second-order valence-electron chi connectivity index (χ2n) is 9.40. The topological polar surface area (TPSA) is 79.0 Å². The minimum absolute atomic E-state index is 0.0201. The summed E-state index contributed by atoms with van der Waals surface area (Å²) >= 11 is 0. The molecule has 0 spiro atoms. The second kappa shape index (κ2) is 10.5. The highest BCUT2D eigenvalue weighted by Crippen LogP contribution is 2.29. The van der Waals surface area contributed by atoms with Crippen LogP contribution in [-0.2, 0) is 14.3 Å². The third kappa shape index (κ3) is 5.31. The van der Waals surface area contributed by atoms with Crippen LogP contribution in [0.2, 0.25) is 0 Å². The molecule has 1 saturated carbocycles. The van der Waals surface area contributed by atoms with Crippen molar-refractivity contribution in [2.24, 2.45) is 11.8 Å². The number of ether oxygens (including phenoxy) is 1. The largest absolute Gasteiger partial charge is 0.378 e. The molecule has 1 aromatic rings. The maximum atomic E-state index is 13.4. The highest BCUT2D eigenvalue weighted by Gasteiger charge is 2.37. The Hall–Kier alpha value is -2.41. The fourth-order valence-electron chi connectivity index (χ4n) is 5.26. The van der Waals surface area contributed by atoms with Gasteiger partial charge in [-0.3, -0.25) is 14.4 Å². The van der Waals surface area contributed by atoms with Crippen molar-refractivity contribution in [1.29, 1.82) is 0 Å². The minimum Gasteiger partial charge on any atom is -0.378 e. The number of nitrogens with one attached hydrogen (secondary N) is 1. The number of hydrogen-bond donors (Lipinski definition) is 1. The molecule has 2 aliphatic heterocycles. The lowest BCUT2D eigenvalue weighted by Gasteiger charge is -2.39. The van der Waals surface area contributed by atoms with Crippen LogP contribution in [0.3, 0.4) is 0 Å². The third-order valence-electron chi connectivity index (χ3n) is 7.18. The molecule has 1 N–H and O–H groups in total. The summed E-state index contributed by atoms with van der Waals surface area (Å²) in [5, 5.41) is 3.05. The first kappa shape index (κ1) is 22.8. The van der Waals surface area contributed by atoms with E-state index in [0.717, 1.165) is 44.1 Å². The molecular weight excluding hydrogens is 406 g/mol. The maximum Gasteiger partial charge on any atom is 0.251 e. The van der Waals surface area contributed by atoms with Gasteiger partial charge in [0.2, 0.25) is 11.8 Å². The van der Waals surface area contributed by atoms with Crippen LogP contribution in [0.5, 0.6) is 0 Å². The number of benzene rings is 1. The summed E-state index contributed by atoms with van der Waals surface area (Å²) in [7, 11) is 0. The molecule has 2 heterocycles. The van der Waals surface area contributed by atoms with Crippen LogP contribution in [0.25, 0.3) is 0 Å². The van der Waals surface area contributed by atoms with E-state index >= 15 is 0 Å². The zero-order valence-corrected chi connectivity index (χ0v) is 19.1. The minimum atomic E-state index is -0.579. The Morgan fingerprint density at radius 1 is 0.969 bits per heavy atom. The molecule has 7 heteroatoms. The summed E-state index contributed by atoms with van der Waals surface area (Å²) < 4.78 is 5.40. The number of morpholine rings is 1. The van der Waals surface area contributed by atoms with Gasteiger partial charge in [-0.1, -0.05) is 30.5 Å². The van der Waals surface area contributed by atoms with Gasteiger partial charge in [-0.05, 0) is 50.7 Å². The molecule has 3 fully saturated rings. The van der Waals surface area contributed by atoms with Gasteiger partial charge in [0.1, 0.15) is 6.04 Å². The molecule has 174 valence electrons. The molecular formula is C25H35N3O4. The van der Waals surface area contributed by atoms with Gasteiger partial charge in [-0.2, -0.15) is 0 Å². The lowest BCUT2D eigenvalue weighted by Crippen LogP contribution is -2.56. The zero-order chi connectivity index (χ0) is 22.5. The SMILES string of the molecule is Cc1cccc(C(=O)N[C@H](C(=O)N2CCOCC2)C2CCN(C(=O)C3CCCC3)CC2)c1. The van der Waals surface area contributed by atoms with Crippen LogP contribution in [-0.4, -0.2) is 73.0 Å². The van der Waals surface area contributed by atoms with Gasteiger partial charge in [0, 0.05) is 37.7 Å². The number of carbonyl (C=O) groups excluding carboxylic acids is 3. The average molecular weight is 442 g/mol. The number of aryl methyl sites for hydroxylation is 1. The Morgan fingerprint density at radius 2 is 1.66 bits per heavy atom. The second-order valence-corrected chi connectivity index (χ2v) is 9.40. The molecule has 1 aromatic carbocycles. The summed E-state index contributed by atoms with van der Waals surface area (Å²) in [6.07, 6.45) is 5.76. The predicted octanol–water partition coefficient (Wildman–Crippen LogP) is 2.38. The Kier molecular flexibility index (Phi) is 7.45.